The fourth-order valence-electron chi connectivity index (χ4n) is 7.82. The lowest BCUT2D eigenvalue weighted by Gasteiger charge is -2.31. The van der Waals surface area contributed by atoms with Crippen LogP contribution in [0, 0.1) is 5.82 Å². The first-order chi connectivity index (χ1) is 29.6. The second kappa shape index (κ2) is 20.3. The lowest BCUT2D eigenvalue weighted by Crippen LogP contribution is -2.52. The van der Waals surface area contributed by atoms with Crippen LogP contribution in [0.1, 0.15) is 73.7 Å². The largest absolute Gasteiger partial charge is 0.494 e. The Morgan fingerprint density at radius 2 is 1.85 bits per heavy atom. The van der Waals surface area contributed by atoms with E-state index in [4.69, 9.17) is 16.3 Å². The molecule has 14 nitrogen and oxygen atoms in total. The van der Waals surface area contributed by atoms with Gasteiger partial charge in [0, 0.05) is 78.7 Å². The minimum atomic E-state index is -0.624. The zero-order valence-electron chi connectivity index (χ0n) is 33.8. The van der Waals surface area contributed by atoms with Gasteiger partial charge in [-0.2, -0.15) is 0 Å². The van der Waals surface area contributed by atoms with Crippen molar-refractivity contribution in [1.82, 2.24) is 30.4 Å². The monoisotopic (exact) mass is 870 g/mol. The van der Waals surface area contributed by atoms with Crippen LogP contribution in [0.25, 0.3) is 10.9 Å². The van der Waals surface area contributed by atoms with E-state index in [-0.39, 0.29) is 41.1 Å². The van der Waals surface area contributed by atoms with Crippen LogP contribution >= 0.6 is 23.4 Å². The normalized spacial score (nSPS) is 17.1. The van der Waals surface area contributed by atoms with Crippen molar-refractivity contribution in [3.63, 3.8) is 0 Å². The number of imide groups is 1. The number of benzene rings is 3. The van der Waals surface area contributed by atoms with E-state index < -0.39 is 17.8 Å². The van der Waals surface area contributed by atoms with E-state index in [0.717, 1.165) is 67.8 Å². The van der Waals surface area contributed by atoms with Crippen molar-refractivity contribution in [3.8, 4) is 5.75 Å². The van der Waals surface area contributed by atoms with E-state index >= 15 is 0 Å². The lowest BCUT2D eigenvalue weighted by molar-refractivity contribution is -0.137. The van der Waals surface area contributed by atoms with Crippen LogP contribution in [0.3, 0.4) is 0 Å². The van der Waals surface area contributed by atoms with E-state index in [9.17, 15) is 28.4 Å². The van der Waals surface area contributed by atoms with Crippen molar-refractivity contribution < 1.29 is 33.1 Å². The molecular formula is C44H48ClFN8O6S. The maximum absolute atomic E-state index is 13.7. The predicted molar refractivity (Wildman–Crippen MR) is 232 cm³/mol. The molecule has 3 aliphatic rings. The summed E-state index contributed by atoms with van der Waals surface area (Å²) in [5.74, 6) is 0.116. The first kappa shape index (κ1) is 43.5. The number of aromatic nitrogens is 2. The van der Waals surface area contributed by atoms with Gasteiger partial charge in [0.1, 0.15) is 29.8 Å². The highest BCUT2D eigenvalue weighted by Gasteiger charge is 2.39. The van der Waals surface area contributed by atoms with Crippen molar-refractivity contribution in [3.05, 3.63) is 89.0 Å². The summed E-state index contributed by atoms with van der Waals surface area (Å²) in [5, 5.41) is 12.2. The zero-order valence-corrected chi connectivity index (χ0v) is 35.4. The number of piperidine rings is 2. The molecule has 0 spiro atoms. The van der Waals surface area contributed by atoms with Crippen LogP contribution in [0.15, 0.2) is 71.9 Å². The average Bonchev–Trinajstić information content (AvgIpc) is 3.58. The summed E-state index contributed by atoms with van der Waals surface area (Å²) in [5.41, 5.74) is 3.12. The number of carbonyl (C=O) groups is 5. The molecule has 7 rings (SSSR count). The highest BCUT2D eigenvalue weighted by molar-refractivity contribution is 7.99. The van der Waals surface area contributed by atoms with E-state index in [0.29, 0.717) is 65.3 Å². The van der Waals surface area contributed by atoms with Gasteiger partial charge in [-0.3, -0.25) is 34.2 Å². The molecule has 0 bridgehead atoms. The number of anilines is 3. The zero-order chi connectivity index (χ0) is 42.9. The van der Waals surface area contributed by atoms with Gasteiger partial charge in [-0.25, -0.2) is 14.4 Å². The number of amides is 5. The molecule has 4 heterocycles. The second-order valence-corrected chi connectivity index (χ2v) is 16.8. The Bertz CT molecular complexity index is 2340. The molecule has 1 aromatic heterocycles. The topological polar surface area (TPSA) is 175 Å². The summed E-state index contributed by atoms with van der Waals surface area (Å²) >= 11 is 7.67. The maximum Gasteiger partial charge on any atom is 0.255 e. The number of hydrogen-bond donors (Lipinski definition) is 4. The van der Waals surface area contributed by atoms with Crippen LogP contribution in [0.5, 0.6) is 5.75 Å². The molecule has 3 aliphatic heterocycles. The molecule has 0 aliphatic carbocycles. The van der Waals surface area contributed by atoms with Crippen LogP contribution in [-0.4, -0.2) is 93.9 Å². The van der Waals surface area contributed by atoms with Crippen molar-refractivity contribution in [2.24, 2.45) is 0 Å². The van der Waals surface area contributed by atoms with Gasteiger partial charge in [-0.05, 0) is 79.8 Å². The molecule has 17 heteroatoms. The molecule has 61 heavy (non-hydrogen) atoms. The molecule has 4 aromatic rings. The number of nitrogens with zero attached hydrogens (tertiary/aromatic N) is 4. The van der Waals surface area contributed by atoms with E-state index in [2.05, 4.69) is 36.1 Å². The third kappa shape index (κ3) is 11.0. The second-order valence-electron chi connectivity index (χ2n) is 15.3. The molecule has 1 unspecified atom stereocenters. The van der Waals surface area contributed by atoms with Gasteiger partial charge in [0.2, 0.25) is 23.6 Å². The number of rotatable bonds is 17. The third-order valence-electron chi connectivity index (χ3n) is 11.1. The lowest BCUT2D eigenvalue weighted by atomic mass is 10.0. The van der Waals surface area contributed by atoms with Gasteiger partial charge in [0.05, 0.1) is 23.3 Å². The number of halogens is 2. The first-order valence-electron chi connectivity index (χ1n) is 20.5. The molecule has 0 saturated carbocycles. The summed E-state index contributed by atoms with van der Waals surface area (Å²) < 4.78 is 19.2. The molecular weight excluding hydrogens is 823 g/mol. The van der Waals surface area contributed by atoms with E-state index in [1.807, 2.05) is 18.2 Å². The first-order valence-corrected chi connectivity index (χ1v) is 21.9. The number of fused-ring (bicyclic) bond motifs is 2. The fraction of sp³-hybridized carbons (Fsp3) is 0.386. The van der Waals surface area contributed by atoms with Crippen molar-refractivity contribution in [2.75, 3.05) is 43.1 Å². The number of likely N-dealkylation sites (tertiary alicyclic amines) is 1. The summed E-state index contributed by atoms with van der Waals surface area (Å²) in [6.07, 6.45) is 11.2. The Morgan fingerprint density at radius 1 is 1.03 bits per heavy atom. The molecule has 0 radical (unpaired) electrons. The van der Waals surface area contributed by atoms with Crippen LogP contribution in [0.4, 0.5) is 21.6 Å². The number of methoxy groups -OCH3 is 1. The summed E-state index contributed by atoms with van der Waals surface area (Å²) in [6, 6.07) is 12.9. The minimum Gasteiger partial charge on any atom is -0.494 e. The SMILES string of the molecule is COc1cc2ncnc(Nc3ccc(F)c(Cl)c3)c2cc1NC(=O)/C=C/CN1CCC(NC(=O)CCCCCCSc2cccc3c2CN(C2CCC(=O)NC2=O)C3=O)CC1. The number of thioether (sulfide) groups is 1. The fourth-order valence-corrected chi connectivity index (χ4v) is 9.09. The molecule has 1 atom stereocenters. The Balaban J connectivity index is 0.778. The molecule has 5 amide bonds. The van der Waals surface area contributed by atoms with Crippen molar-refractivity contribution in [1.29, 1.82) is 0 Å². The molecule has 320 valence electrons. The van der Waals surface area contributed by atoms with Gasteiger partial charge in [-0.15, -0.1) is 11.8 Å². The molecule has 4 N–H and O–H groups in total. The Labute approximate surface area is 362 Å². The standard InChI is InChI=1S/C44H48ClFN8O6S/c1-60-37-24-34-30(42(48-26-47-34)50-28-12-13-33(46)32(45)22-28)23-35(37)51-40(56)11-7-18-53-19-16-27(17-20-53)49-39(55)10-4-2-3-5-21-61-38-9-6-8-29-31(38)25-54(44(29)59)36-14-15-41(57)52-43(36)58/h6-9,11-13,22-24,26-27,36H,2-5,10,14-21,25H2,1H3,(H,49,55)(H,51,56)(H,47,48,50)(H,52,57,58)/b11-7+. The average molecular weight is 871 g/mol. The van der Waals surface area contributed by atoms with Crippen molar-refractivity contribution in [2.45, 2.75) is 81.3 Å². The minimum absolute atomic E-state index is 0.0258. The Kier molecular flexibility index (Phi) is 14.5. The molecule has 3 aromatic carbocycles. The molecule has 2 saturated heterocycles. The number of hydrogen-bond acceptors (Lipinski definition) is 11. The summed E-state index contributed by atoms with van der Waals surface area (Å²) in [7, 11) is 1.51. The number of nitrogens with one attached hydrogen (secondary N) is 4. The number of ether oxygens (including phenoxy) is 1. The Morgan fingerprint density at radius 3 is 2.64 bits per heavy atom. The van der Waals surface area contributed by atoms with E-state index in [1.54, 1.807) is 40.9 Å². The molecule has 2 fully saturated rings. The quantitative estimate of drug-likeness (QED) is 0.0382. The number of unbranched alkanes of at least 4 members (excludes halogenated alkanes) is 3. The summed E-state index contributed by atoms with van der Waals surface area (Å²) in [6.45, 7) is 2.57. The summed E-state index contributed by atoms with van der Waals surface area (Å²) in [4.78, 5) is 76.3. The van der Waals surface area contributed by atoms with Crippen LogP contribution < -0.4 is 26.0 Å². The van der Waals surface area contributed by atoms with Crippen molar-refractivity contribution >= 4 is 81.0 Å². The predicted octanol–water partition coefficient (Wildman–Crippen LogP) is 6.75. The third-order valence-corrected chi connectivity index (χ3v) is 12.6. The van der Waals surface area contributed by atoms with Gasteiger partial charge in [0.25, 0.3) is 5.91 Å². The number of carbonyl (C=O) groups excluding carboxylic acids is 5. The van der Waals surface area contributed by atoms with Crippen LogP contribution in [-0.2, 0) is 25.7 Å². The van der Waals surface area contributed by atoms with Gasteiger partial charge in [0.15, 0.2) is 0 Å². The van der Waals surface area contributed by atoms with Gasteiger partial charge < -0.3 is 25.6 Å². The Hall–Kier alpha value is -5.58. The van der Waals surface area contributed by atoms with E-state index in [1.165, 1.54) is 31.6 Å². The highest BCUT2D eigenvalue weighted by atomic mass is 35.5. The smallest absolute Gasteiger partial charge is 0.255 e. The van der Waals surface area contributed by atoms with Gasteiger partial charge >= 0.3 is 0 Å². The van der Waals surface area contributed by atoms with Crippen LogP contribution in [0.2, 0.25) is 5.02 Å². The van der Waals surface area contributed by atoms with Gasteiger partial charge in [-0.1, -0.05) is 36.6 Å². The highest BCUT2D eigenvalue weighted by Crippen LogP contribution is 2.36. The maximum atomic E-state index is 13.7.